The molecule has 0 atom stereocenters. The molecule has 1 aromatic heterocycles. The maximum atomic E-state index is 13.5. The third-order valence-corrected chi connectivity index (χ3v) is 9.21. The number of hydrogen-bond acceptors (Lipinski definition) is 4. The van der Waals surface area contributed by atoms with E-state index in [0.717, 1.165) is 48.3 Å². The van der Waals surface area contributed by atoms with Gasteiger partial charge in [-0.2, -0.15) is 0 Å². The van der Waals surface area contributed by atoms with Gasteiger partial charge in [-0.1, -0.05) is 30.0 Å². The van der Waals surface area contributed by atoms with Crippen LogP contribution in [0, 0.1) is 31.6 Å². The lowest BCUT2D eigenvalue weighted by atomic mass is 9.53. The number of nitrogens with zero attached hydrogens (tertiary/aromatic N) is 2. The molecular weight excluding hydrogens is 442 g/mol. The van der Waals surface area contributed by atoms with Crippen LogP contribution in [0.15, 0.2) is 52.4 Å². The van der Waals surface area contributed by atoms with Gasteiger partial charge in [-0.25, -0.2) is 4.98 Å². The third kappa shape index (κ3) is 3.86. The minimum absolute atomic E-state index is 0.00303. The Balaban J connectivity index is 1.29. The largest absolute Gasteiger partial charge is 0.350 e. The Morgan fingerprint density at radius 2 is 1.71 bits per heavy atom. The summed E-state index contributed by atoms with van der Waals surface area (Å²) >= 11 is 1.36. The minimum Gasteiger partial charge on any atom is -0.350 e. The fourth-order valence-electron chi connectivity index (χ4n) is 7.03. The molecule has 1 amide bonds. The zero-order chi connectivity index (χ0) is 23.4. The van der Waals surface area contributed by atoms with E-state index in [9.17, 15) is 9.59 Å². The third-order valence-electron chi connectivity index (χ3n) is 8.27. The number of para-hydroxylation sites is 1. The zero-order valence-corrected chi connectivity index (χ0v) is 20.7. The van der Waals surface area contributed by atoms with Crippen molar-refractivity contribution in [3.63, 3.8) is 0 Å². The van der Waals surface area contributed by atoms with Gasteiger partial charge in [0.1, 0.15) is 0 Å². The fraction of sp³-hybridized carbons (Fsp3) is 0.464. The molecule has 4 saturated carbocycles. The van der Waals surface area contributed by atoms with Crippen LogP contribution in [0.25, 0.3) is 16.6 Å². The maximum Gasteiger partial charge on any atom is 0.266 e. The van der Waals surface area contributed by atoms with Crippen LogP contribution in [-0.2, 0) is 4.79 Å². The van der Waals surface area contributed by atoms with Crippen molar-refractivity contribution in [3.8, 4) is 5.69 Å². The molecule has 4 fully saturated rings. The topological polar surface area (TPSA) is 64.0 Å². The first-order valence-corrected chi connectivity index (χ1v) is 13.4. The van der Waals surface area contributed by atoms with E-state index in [1.54, 1.807) is 4.57 Å². The molecule has 1 N–H and O–H groups in total. The van der Waals surface area contributed by atoms with Crippen molar-refractivity contribution < 1.29 is 4.79 Å². The van der Waals surface area contributed by atoms with Crippen molar-refractivity contribution in [2.75, 3.05) is 5.75 Å². The number of fused-ring (bicyclic) bond motifs is 1. The van der Waals surface area contributed by atoms with Crippen LogP contribution in [-0.4, -0.2) is 26.8 Å². The molecule has 6 heteroatoms. The van der Waals surface area contributed by atoms with Crippen LogP contribution in [0.4, 0.5) is 0 Å². The first-order chi connectivity index (χ1) is 16.4. The van der Waals surface area contributed by atoms with E-state index in [0.29, 0.717) is 16.1 Å². The van der Waals surface area contributed by atoms with Crippen molar-refractivity contribution in [1.29, 1.82) is 0 Å². The SMILES string of the molecule is Cc1ccc(-n2c(SCC(=O)NC34CC5CC(CC(C5)C3)C4)nc3ccccc3c2=O)cc1C. The average molecular weight is 474 g/mol. The summed E-state index contributed by atoms with van der Waals surface area (Å²) in [5.74, 6) is 2.68. The molecule has 0 unspecified atom stereocenters. The van der Waals surface area contributed by atoms with E-state index in [4.69, 9.17) is 4.98 Å². The Morgan fingerprint density at radius 3 is 2.38 bits per heavy atom. The number of hydrogen-bond donors (Lipinski definition) is 1. The number of amides is 1. The molecule has 4 bridgehead atoms. The van der Waals surface area contributed by atoms with Gasteiger partial charge in [0.05, 0.1) is 22.3 Å². The Bertz CT molecular complexity index is 1310. The Labute approximate surface area is 204 Å². The summed E-state index contributed by atoms with van der Waals surface area (Å²) in [7, 11) is 0. The second-order valence-electron chi connectivity index (χ2n) is 10.9. The smallest absolute Gasteiger partial charge is 0.266 e. The molecule has 0 spiro atoms. The van der Waals surface area contributed by atoms with E-state index in [1.807, 2.05) is 49.4 Å². The van der Waals surface area contributed by atoms with Gasteiger partial charge in [-0.3, -0.25) is 14.2 Å². The lowest BCUT2D eigenvalue weighted by molar-refractivity contribution is -0.124. The number of thioether (sulfide) groups is 1. The summed E-state index contributed by atoms with van der Waals surface area (Å²) in [5.41, 5.74) is 3.64. The highest BCUT2D eigenvalue weighted by Crippen LogP contribution is 2.55. The van der Waals surface area contributed by atoms with E-state index in [2.05, 4.69) is 12.2 Å². The molecule has 7 rings (SSSR count). The number of carbonyl (C=O) groups excluding carboxylic acids is 1. The van der Waals surface area contributed by atoms with Gasteiger partial charge in [0.15, 0.2) is 5.16 Å². The summed E-state index contributed by atoms with van der Waals surface area (Å²) in [6.07, 6.45) is 7.47. The van der Waals surface area contributed by atoms with E-state index >= 15 is 0 Å². The molecule has 2 aromatic carbocycles. The van der Waals surface area contributed by atoms with Gasteiger partial charge in [0.25, 0.3) is 5.56 Å². The molecule has 176 valence electrons. The van der Waals surface area contributed by atoms with Crippen LogP contribution >= 0.6 is 11.8 Å². The molecule has 0 radical (unpaired) electrons. The lowest BCUT2D eigenvalue weighted by Gasteiger charge is -2.56. The van der Waals surface area contributed by atoms with Gasteiger partial charge in [0, 0.05) is 5.54 Å². The van der Waals surface area contributed by atoms with Crippen LogP contribution in [0.5, 0.6) is 0 Å². The number of carbonyl (C=O) groups is 1. The van der Waals surface area contributed by atoms with Gasteiger partial charge >= 0.3 is 0 Å². The maximum absolute atomic E-state index is 13.5. The zero-order valence-electron chi connectivity index (χ0n) is 19.8. The van der Waals surface area contributed by atoms with Crippen molar-refractivity contribution in [3.05, 3.63) is 63.9 Å². The fourth-order valence-corrected chi connectivity index (χ4v) is 7.84. The normalized spacial score (nSPS) is 27.3. The second-order valence-corrected chi connectivity index (χ2v) is 11.8. The molecule has 4 aliphatic carbocycles. The summed E-state index contributed by atoms with van der Waals surface area (Å²) < 4.78 is 1.66. The Kier molecular flexibility index (Phi) is 5.32. The van der Waals surface area contributed by atoms with Gasteiger partial charge in [-0.15, -0.1) is 0 Å². The van der Waals surface area contributed by atoms with Crippen LogP contribution in [0.3, 0.4) is 0 Å². The lowest BCUT2D eigenvalue weighted by Crippen LogP contribution is -2.60. The summed E-state index contributed by atoms with van der Waals surface area (Å²) in [6, 6.07) is 13.4. The molecular formula is C28H31N3O2S. The molecule has 34 heavy (non-hydrogen) atoms. The monoisotopic (exact) mass is 473 g/mol. The van der Waals surface area contributed by atoms with Gasteiger partial charge in [-0.05, 0) is 106 Å². The van der Waals surface area contributed by atoms with Crippen LogP contribution in [0.2, 0.25) is 0 Å². The molecule has 0 saturated heterocycles. The highest BCUT2D eigenvalue weighted by molar-refractivity contribution is 7.99. The average Bonchev–Trinajstić information content (AvgIpc) is 2.78. The van der Waals surface area contributed by atoms with Crippen molar-refractivity contribution in [1.82, 2.24) is 14.9 Å². The Morgan fingerprint density at radius 1 is 1.03 bits per heavy atom. The number of nitrogens with one attached hydrogen (secondary N) is 1. The molecule has 3 aromatic rings. The minimum atomic E-state index is -0.0992. The summed E-state index contributed by atoms with van der Waals surface area (Å²) in [6.45, 7) is 4.11. The van der Waals surface area contributed by atoms with Crippen molar-refractivity contribution >= 4 is 28.6 Å². The predicted octanol–water partition coefficient (Wildman–Crippen LogP) is 5.18. The van der Waals surface area contributed by atoms with Crippen LogP contribution in [0.1, 0.15) is 49.7 Å². The number of benzene rings is 2. The highest BCUT2D eigenvalue weighted by atomic mass is 32.2. The molecule has 4 aliphatic rings. The highest BCUT2D eigenvalue weighted by Gasteiger charge is 2.51. The summed E-state index contributed by atoms with van der Waals surface area (Å²) in [5, 5.41) is 4.60. The van der Waals surface area contributed by atoms with Crippen molar-refractivity contribution in [2.24, 2.45) is 17.8 Å². The van der Waals surface area contributed by atoms with E-state index in [-0.39, 0.29) is 22.8 Å². The van der Waals surface area contributed by atoms with Crippen LogP contribution < -0.4 is 10.9 Å². The number of aromatic nitrogens is 2. The van der Waals surface area contributed by atoms with Crippen molar-refractivity contribution in [2.45, 2.75) is 63.1 Å². The van der Waals surface area contributed by atoms with E-state index < -0.39 is 0 Å². The summed E-state index contributed by atoms with van der Waals surface area (Å²) in [4.78, 5) is 31.5. The first kappa shape index (κ1) is 21.9. The number of aryl methyl sites for hydroxylation is 2. The quantitative estimate of drug-likeness (QED) is 0.410. The standard InChI is InChI=1S/C28H31N3O2S/c1-17-7-8-22(9-18(17)2)31-26(33)23-5-3-4-6-24(23)29-27(31)34-16-25(32)30-28-13-19-10-20(14-28)12-21(11-19)15-28/h3-9,19-21H,10-16H2,1-2H3,(H,30,32). The first-order valence-electron chi connectivity index (χ1n) is 12.4. The van der Waals surface area contributed by atoms with Gasteiger partial charge in [0.2, 0.25) is 5.91 Å². The second kappa shape index (κ2) is 8.26. The van der Waals surface area contributed by atoms with Gasteiger partial charge < -0.3 is 5.32 Å². The molecule has 1 heterocycles. The van der Waals surface area contributed by atoms with E-state index in [1.165, 1.54) is 36.6 Å². The number of rotatable bonds is 5. The molecule has 0 aliphatic heterocycles. The molecule has 5 nitrogen and oxygen atoms in total. The predicted molar refractivity (Wildman–Crippen MR) is 137 cm³/mol. The Hall–Kier alpha value is -2.60.